The van der Waals surface area contributed by atoms with Crippen LogP contribution in [0.2, 0.25) is 0 Å². The highest BCUT2D eigenvalue weighted by molar-refractivity contribution is 5.95. The van der Waals surface area contributed by atoms with E-state index in [1.54, 1.807) is 0 Å². The summed E-state index contributed by atoms with van der Waals surface area (Å²) in [6, 6.07) is 0. The molecule has 1 heterocycles. The van der Waals surface area contributed by atoms with E-state index in [-0.39, 0.29) is 11.0 Å². The summed E-state index contributed by atoms with van der Waals surface area (Å²) in [5.74, 6) is -3.70. The van der Waals surface area contributed by atoms with Gasteiger partial charge in [0.2, 0.25) is 0 Å². The highest BCUT2D eigenvalue weighted by Crippen LogP contribution is 2.24. The van der Waals surface area contributed by atoms with Crippen molar-refractivity contribution in [1.82, 2.24) is 9.89 Å². The molecule has 0 saturated heterocycles. The average molecular weight is 269 g/mol. The van der Waals surface area contributed by atoms with E-state index < -0.39 is 33.5 Å². The first-order valence-corrected chi connectivity index (χ1v) is 3.90. The Morgan fingerprint density at radius 3 is 2.33 bits per heavy atom. The Kier molecular flexibility index (Phi) is 3.16. The number of amides is 1. The highest BCUT2D eigenvalue weighted by Gasteiger charge is 2.42. The van der Waals surface area contributed by atoms with E-state index in [2.05, 4.69) is 5.10 Å². The Morgan fingerprint density at radius 1 is 1.39 bits per heavy atom. The fraction of sp³-hybridized carbons (Fsp3) is 0.200. The number of carbonyl (C=O) groups excluding carboxylic acids is 1. The van der Waals surface area contributed by atoms with E-state index in [0.717, 1.165) is 5.32 Å². The summed E-state index contributed by atoms with van der Waals surface area (Å²) < 4.78 is 35.6. The van der Waals surface area contributed by atoms with Gasteiger partial charge in [0.1, 0.15) is 0 Å². The minimum absolute atomic E-state index is 0.190. The van der Waals surface area contributed by atoms with Gasteiger partial charge in [-0.3, -0.25) is 20.2 Å². The van der Waals surface area contributed by atoms with E-state index in [4.69, 9.17) is 0 Å². The first-order chi connectivity index (χ1) is 8.12. The van der Waals surface area contributed by atoms with Crippen LogP contribution in [0.4, 0.5) is 24.7 Å². The third-order valence-corrected chi connectivity index (χ3v) is 1.54. The zero-order valence-corrected chi connectivity index (χ0v) is 8.04. The van der Waals surface area contributed by atoms with E-state index >= 15 is 0 Å². The molecule has 1 aromatic rings. The zero-order valence-electron chi connectivity index (χ0n) is 8.04. The largest absolute Gasteiger partial charge is 0.471 e. The van der Waals surface area contributed by atoms with Gasteiger partial charge in [0.05, 0.1) is 15.1 Å². The maximum Gasteiger partial charge on any atom is 0.471 e. The van der Waals surface area contributed by atoms with E-state index in [1.807, 2.05) is 0 Å². The van der Waals surface area contributed by atoms with Crippen molar-refractivity contribution in [1.29, 1.82) is 0 Å². The molecule has 0 aromatic carbocycles. The third kappa shape index (κ3) is 2.69. The zero-order chi connectivity index (χ0) is 14.1. The molecule has 18 heavy (non-hydrogen) atoms. The smallest absolute Gasteiger partial charge is 0.339 e. The van der Waals surface area contributed by atoms with Gasteiger partial charge in [-0.05, 0) is 0 Å². The second kappa shape index (κ2) is 4.27. The van der Waals surface area contributed by atoms with E-state index in [0.29, 0.717) is 0 Å². The summed E-state index contributed by atoms with van der Waals surface area (Å²) >= 11 is 0. The van der Waals surface area contributed by atoms with E-state index in [9.17, 15) is 38.2 Å². The Morgan fingerprint density at radius 2 is 1.94 bits per heavy atom. The number of anilines is 1. The Labute approximate surface area is 94.3 Å². The van der Waals surface area contributed by atoms with Gasteiger partial charge in [0.15, 0.2) is 6.20 Å². The molecule has 0 unspecified atom stereocenters. The van der Waals surface area contributed by atoms with Crippen molar-refractivity contribution in [3.63, 3.8) is 0 Å². The van der Waals surface area contributed by atoms with Crippen LogP contribution in [0.1, 0.15) is 0 Å². The molecule has 13 heteroatoms. The lowest BCUT2D eigenvalue weighted by molar-refractivity contribution is -0.553. The van der Waals surface area contributed by atoms with Crippen LogP contribution in [0.15, 0.2) is 6.20 Å². The Balaban J connectivity index is 3.12. The lowest BCUT2D eigenvalue weighted by Crippen LogP contribution is -2.30. The number of nitrogens with zero attached hydrogens (tertiary/aromatic N) is 4. The lowest BCUT2D eigenvalue weighted by Gasteiger charge is -2.02. The van der Waals surface area contributed by atoms with Gasteiger partial charge < -0.3 is 10.1 Å². The molecule has 0 bridgehead atoms. The molecule has 0 radical (unpaired) electrons. The van der Waals surface area contributed by atoms with Crippen LogP contribution in [0.3, 0.4) is 0 Å². The normalized spacial score (nSPS) is 11.1. The van der Waals surface area contributed by atoms with Crippen LogP contribution in [0.5, 0.6) is 0 Å². The van der Waals surface area contributed by atoms with Crippen LogP contribution in [-0.4, -0.2) is 31.9 Å². The molecule has 1 aromatic heterocycles. The molecular weight excluding hydrogens is 267 g/mol. The van der Waals surface area contributed by atoms with Gasteiger partial charge in [0.25, 0.3) is 0 Å². The van der Waals surface area contributed by atoms with Crippen molar-refractivity contribution in [2.75, 3.05) is 5.32 Å². The standard InChI is InChI=1S/C5H2F3N5O5/c6-5(7,8)4(14)9-3-2(12(15)16)1-11(10-3)13(17)18/h1H,(H,9,10,14). The Hall–Kier alpha value is -2.73. The number of aromatic nitrogens is 2. The van der Waals surface area contributed by atoms with Gasteiger partial charge >= 0.3 is 23.6 Å². The first-order valence-electron chi connectivity index (χ1n) is 3.90. The summed E-state index contributed by atoms with van der Waals surface area (Å²) in [5, 5.41) is 23.3. The molecule has 0 spiro atoms. The van der Waals surface area contributed by atoms with Crippen molar-refractivity contribution in [2.24, 2.45) is 0 Å². The number of halogens is 3. The number of carbonyl (C=O) groups is 1. The third-order valence-electron chi connectivity index (χ3n) is 1.54. The monoisotopic (exact) mass is 269 g/mol. The molecule has 0 saturated carbocycles. The molecule has 0 atom stereocenters. The number of alkyl halides is 3. The predicted molar refractivity (Wildman–Crippen MR) is 46.0 cm³/mol. The van der Waals surface area contributed by atoms with Gasteiger partial charge in [0, 0.05) is 4.79 Å². The van der Waals surface area contributed by atoms with Crippen LogP contribution in [0.25, 0.3) is 0 Å². The summed E-state index contributed by atoms with van der Waals surface area (Å²) in [6.45, 7) is 0. The molecule has 0 aliphatic carbocycles. The van der Waals surface area contributed by atoms with Crippen molar-refractivity contribution in [2.45, 2.75) is 6.18 Å². The molecule has 0 aliphatic heterocycles. The van der Waals surface area contributed by atoms with Crippen LogP contribution < -0.4 is 5.32 Å². The molecule has 1 rings (SSSR count). The maximum atomic E-state index is 11.9. The average Bonchev–Trinajstić information content (AvgIpc) is 2.60. The van der Waals surface area contributed by atoms with Crippen molar-refractivity contribution in [3.05, 3.63) is 26.4 Å². The van der Waals surface area contributed by atoms with E-state index in [1.165, 1.54) is 0 Å². The predicted octanol–water partition coefficient (Wildman–Crippen LogP) is 0.332. The first kappa shape index (κ1) is 13.3. The van der Waals surface area contributed by atoms with Crippen molar-refractivity contribution < 1.29 is 27.9 Å². The van der Waals surface area contributed by atoms with Gasteiger partial charge in [-0.25, -0.2) is 0 Å². The van der Waals surface area contributed by atoms with Crippen molar-refractivity contribution in [3.8, 4) is 0 Å². The number of nitro groups is 2. The van der Waals surface area contributed by atoms with Crippen molar-refractivity contribution >= 4 is 17.4 Å². The summed E-state index contributed by atoms with van der Waals surface area (Å²) in [4.78, 5) is 29.7. The summed E-state index contributed by atoms with van der Waals surface area (Å²) in [7, 11) is 0. The minimum atomic E-state index is -5.30. The molecule has 98 valence electrons. The lowest BCUT2D eigenvalue weighted by atomic mass is 10.5. The molecule has 0 aliphatic rings. The topological polar surface area (TPSA) is 133 Å². The quantitative estimate of drug-likeness (QED) is 0.620. The number of rotatable bonds is 3. The van der Waals surface area contributed by atoms with Gasteiger partial charge in [-0.1, -0.05) is 0 Å². The van der Waals surface area contributed by atoms with Gasteiger partial charge in [-0.2, -0.15) is 13.2 Å². The minimum Gasteiger partial charge on any atom is -0.339 e. The molecule has 10 nitrogen and oxygen atoms in total. The molecule has 1 N–H and O–H groups in total. The summed E-state index contributed by atoms with van der Waals surface area (Å²) in [5.41, 5.74) is -1.13. The fourth-order valence-electron chi connectivity index (χ4n) is 0.838. The maximum absolute atomic E-state index is 11.9. The fourth-order valence-corrected chi connectivity index (χ4v) is 0.838. The molecular formula is C5H2F3N5O5. The Bertz CT molecular complexity index is 522. The van der Waals surface area contributed by atoms with Crippen LogP contribution in [-0.2, 0) is 4.79 Å². The highest BCUT2D eigenvalue weighted by atomic mass is 19.4. The van der Waals surface area contributed by atoms with Crippen LogP contribution in [0, 0.1) is 20.2 Å². The number of hydrogen-bond acceptors (Lipinski definition) is 6. The second-order valence-electron chi connectivity index (χ2n) is 2.73. The number of hydrogen-bond donors (Lipinski definition) is 1. The molecule has 0 fully saturated rings. The SMILES string of the molecule is O=C(Nc1nn([N+](=O)[O-])cc1[N+](=O)[O-])C(F)(F)F. The summed E-state index contributed by atoms with van der Waals surface area (Å²) in [6.07, 6.45) is -5.04. The van der Waals surface area contributed by atoms with Gasteiger partial charge in [-0.15, -0.1) is 0 Å². The molecule has 1 amide bonds. The van der Waals surface area contributed by atoms with Crippen LogP contribution >= 0.6 is 0 Å². The number of nitrogens with one attached hydrogen (secondary N) is 1. The second-order valence-corrected chi connectivity index (χ2v) is 2.73.